The molecule has 1 fully saturated rings. The van der Waals surface area contributed by atoms with Crippen LogP contribution in [0, 0.1) is 5.41 Å². The average Bonchev–Trinajstić information content (AvgIpc) is 2.75. The van der Waals surface area contributed by atoms with Crippen molar-refractivity contribution in [3.8, 4) is 0 Å². The Bertz CT molecular complexity index is 672. The standard InChI is InChI=1S/C17H23N3O/c1-17(2)6-3-8-20(9-7-17)16(21)15-11-12-10-13(18)4-5-14(12)19-15/h4-5,10-11,19H,3,6-9,18H2,1-2H3. The third-order valence-electron chi connectivity index (χ3n) is 4.50. The normalized spacial score (nSPS) is 18.7. The molecule has 1 aromatic carbocycles. The number of anilines is 1. The molecule has 112 valence electrons. The van der Waals surface area contributed by atoms with Crippen LogP contribution in [0.15, 0.2) is 24.3 Å². The number of hydrogen-bond acceptors (Lipinski definition) is 2. The number of fused-ring (bicyclic) bond motifs is 1. The fraction of sp³-hybridized carbons (Fsp3) is 0.471. The molecule has 0 aliphatic carbocycles. The number of benzene rings is 1. The van der Waals surface area contributed by atoms with Gasteiger partial charge in [-0.25, -0.2) is 0 Å². The highest BCUT2D eigenvalue weighted by atomic mass is 16.2. The number of hydrogen-bond donors (Lipinski definition) is 2. The van der Waals surface area contributed by atoms with Crippen LogP contribution in [0.4, 0.5) is 5.69 Å². The van der Waals surface area contributed by atoms with Gasteiger partial charge >= 0.3 is 0 Å². The first-order valence-electron chi connectivity index (χ1n) is 7.62. The molecular weight excluding hydrogens is 262 g/mol. The summed E-state index contributed by atoms with van der Waals surface area (Å²) in [4.78, 5) is 17.9. The van der Waals surface area contributed by atoms with E-state index < -0.39 is 0 Å². The minimum atomic E-state index is 0.0995. The van der Waals surface area contributed by atoms with Crippen molar-refractivity contribution in [1.82, 2.24) is 9.88 Å². The van der Waals surface area contributed by atoms with Crippen LogP contribution in [-0.4, -0.2) is 28.9 Å². The van der Waals surface area contributed by atoms with E-state index in [-0.39, 0.29) is 5.91 Å². The van der Waals surface area contributed by atoms with Gasteiger partial charge in [-0.1, -0.05) is 13.8 Å². The van der Waals surface area contributed by atoms with Crippen LogP contribution >= 0.6 is 0 Å². The van der Waals surface area contributed by atoms with Crippen LogP contribution in [-0.2, 0) is 0 Å². The largest absolute Gasteiger partial charge is 0.399 e. The first-order valence-corrected chi connectivity index (χ1v) is 7.62. The molecule has 1 aliphatic heterocycles. The molecule has 3 rings (SSSR count). The van der Waals surface area contributed by atoms with Crippen molar-refractivity contribution in [2.75, 3.05) is 18.8 Å². The van der Waals surface area contributed by atoms with Gasteiger partial charge in [0.25, 0.3) is 5.91 Å². The van der Waals surface area contributed by atoms with Crippen molar-refractivity contribution in [3.63, 3.8) is 0 Å². The van der Waals surface area contributed by atoms with Crippen LogP contribution in [0.5, 0.6) is 0 Å². The van der Waals surface area contributed by atoms with Gasteiger partial charge in [0, 0.05) is 29.7 Å². The molecule has 1 aromatic heterocycles. The molecule has 3 N–H and O–H groups in total. The summed E-state index contributed by atoms with van der Waals surface area (Å²) < 4.78 is 0. The van der Waals surface area contributed by atoms with Crippen molar-refractivity contribution in [2.45, 2.75) is 33.1 Å². The lowest BCUT2D eigenvalue weighted by Crippen LogP contribution is -2.32. The van der Waals surface area contributed by atoms with Crippen molar-refractivity contribution in [3.05, 3.63) is 30.0 Å². The molecule has 4 nitrogen and oxygen atoms in total. The number of nitrogens with two attached hydrogens (primary N) is 1. The first kappa shape index (κ1) is 14.0. The molecule has 1 aliphatic rings. The smallest absolute Gasteiger partial charge is 0.270 e. The van der Waals surface area contributed by atoms with Crippen LogP contribution in [0.3, 0.4) is 0 Å². The maximum Gasteiger partial charge on any atom is 0.270 e. The number of amides is 1. The van der Waals surface area contributed by atoms with E-state index in [0.717, 1.165) is 42.5 Å². The molecule has 0 saturated carbocycles. The minimum Gasteiger partial charge on any atom is -0.399 e. The lowest BCUT2D eigenvalue weighted by atomic mass is 9.85. The number of likely N-dealkylation sites (tertiary alicyclic amines) is 1. The number of carbonyl (C=O) groups is 1. The number of aromatic nitrogens is 1. The van der Waals surface area contributed by atoms with E-state index in [1.807, 2.05) is 29.2 Å². The Morgan fingerprint density at radius 1 is 1.24 bits per heavy atom. The van der Waals surface area contributed by atoms with E-state index in [1.54, 1.807) is 0 Å². The summed E-state index contributed by atoms with van der Waals surface area (Å²) in [7, 11) is 0. The lowest BCUT2D eigenvalue weighted by molar-refractivity contribution is 0.0752. The Labute approximate surface area is 125 Å². The summed E-state index contributed by atoms with van der Waals surface area (Å²) in [5, 5.41) is 0.994. The number of aromatic amines is 1. The van der Waals surface area contributed by atoms with Crippen LogP contribution in [0.2, 0.25) is 0 Å². The summed E-state index contributed by atoms with van der Waals surface area (Å²) >= 11 is 0. The summed E-state index contributed by atoms with van der Waals surface area (Å²) in [5.41, 5.74) is 8.47. The van der Waals surface area contributed by atoms with Crippen LogP contribution in [0.1, 0.15) is 43.6 Å². The minimum absolute atomic E-state index is 0.0995. The quantitative estimate of drug-likeness (QED) is 0.789. The number of nitrogens with zero attached hydrogens (tertiary/aromatic N) is 1. The third-order valence-corrected chi connectivity index (χ3v) is 4.50. The van der Waals surface area contributed by atoms with E-state index in [9.17, 15) is 4.79 Å². The van der Waals surface area contributed by atoms with Gasteiger partial charge in [-0.15, -0.1) is 0 Å². The Morgan fingerprint density at radius 3 is 2.86 bits per heavy atom. The van der Waals surface area contributed by atoms with Crippen molar-refractivity contribution >= 4 is 22.5 Å². The van der Waals surface area contributed by atoms with E-state index >= 15 is 0 Å². The van der Waals surface area contributed by atoms with Gasteiger partial charge < -0.3 is 15.6 Å². The molecule has 1 amide bonds. The van der Waals surface area contributed by atoms with Gasteiger partial charge in [0.2, 0.25) is 0 Å². The molecule has 1 saturated heterocycles. The lowest BCUT2D eigenvalue weighted by Gasteiger charge is -2.23. The summed E-state index contributed by atoms with van der Waals surface area (Å²) in [6.07, 6.45) is 3.32. The summed E-state index contributed by atoms with van der Waals surface area (Å²) in [5.74, 6) is 0.0995. The molecule has 0 atom stereocenters. The van der Waals surface area contributed by atoms with E-state index in [0.29, 0.717) is 11.1 Å². The third kappa shape index (κ3) is 2.89. The highest BCUT2D eigenvalue weighted by molar-refractivity contribution is 5.98. The molecule has 2 heterocycles. The van der Waals surface area contributed by atoms with Gasteiger partial charge in [-0.2, -0.15) is 0 Å². The van der Waals surface area contributed by atoms with Gasteiger partial charge in [-0.3, -0.25) is 4.79 Å². The fourth-order valence-electron chi connectivity index (χ4n) is 3.06. The zero-order valence-electron chi connectivity index (χ0n) is 12.8. The van der Waals surface area contributed by atoms with Gasteiger partial charge in [0.05, 0.1) is 0 Å². The zero-order valence-corrected chi connectivity index (χ0v) is 12.8. The number of H-pyrrole nitrogens is 1. The SMILES string of the molecule is CC1(C)CCCN(C(=O)c2cc3cc(N)ccc3[nH]2)CC1. The zero-order chi connectivity index (χ0) is 15.0. The topological polar surface area (TPSA) is 62.1 Å². The predicted octanol–water partition coefficient (Wildman–Crippen LogP) is 3.40. The molecule has 4 heteroatoms. The maximum atomic E-state index is 12.7. The molecular formula is C17H23N3O. The molecule has 0 bridgehead atoms. The van der Waals surface area contributed by atoms with Crippen molar-refractivity contribution in [2.24, 2.45) is 5.41 Å². The highest BCUT2D eigenvalue weighted by Gasteiger charge is 2.26. The predicted molar refractivity (Wildman–Crippen MR) is 86.2 cm³/mol. The molecule has 2 aromatic rings. The fourth-order valence-corrected chi connectivity index (χ4v) is 3.06. The molecule has 0 unspecified atom stereocenters. The first-order chi connectivity index (χ1) is 9.94. The van der Waals surface area contributed by atoms with E-state index in [4.69, 9.17) is 5.73 Å². The van der Waals surface area contributed by atoms with E-state index in [2.05, 4.69) is 18.8 Å². The Balaban J connectivity index is 1.83. The number of rotatable bonds is 1. The summed E-state index contributed by atoms with van der Waals surface area (Å²) in [6.45, 7) is 6.25. The monoisotopic (exact) mass is 285 g/mol. The Morgan fingerprint density at radius 2 is 2.05 bits per heavy atom. The molecule has 0 spiro atoms. The average molecular weight is 285 g/mol. The second-order valence-electron chi connectivity index (χ2n) is 6.84. The van der Waals surface area contributed by atoms with Gasteiger partial charge in [-0.05, 0) is 48.9 Å². The molecule has 0 radical (unpaired) electrons. The van der Waals surface area contributed by atoms with Crippen LogP contribution in [0.25, 0.3) is 10.9 Å². The van der Waals surface area contributed by atoms with Crippen LogP contribution < -0.4 is 5.73 Å². The Kier molecular flexibility index (Phi) is 3.40. The van der Waals surface area contributed by atoms with E-state index in [1.165, 1.54) is 6.42 Å². The Hall–Kier alpha value is -1.97. The number of nitrogen functional groups attached to an aromatic ring is 1. The number of carbonyl (C=O) groups excluding carboxylic acids is 1. The van der Waals surface area contributed by atoms with Crippen molar-refractivity contribution in [1.29, 1.82) is 0 Å². The summed E-state index contributed by atoms with van der Waals surface area (Å²) in [6, 6.07) is 7.58. The van der Waals surface area contributed by atoms with Gasteiger partial charge in [0.15, 0.2) is 0 Å². The highest BCUT2D eigenvalue weighted by Crippen LogP contribution is 2.30. The van der Waals surface area contributed by atoms with Gasteiger partial charge in [0.1, 0.15) is 5.69 Å². The molecule has 21 heavy (non-hydrogen) atoms. The maximum absolute atomic E-state index is 12.7. The van der Waals surface area contributed by atoms with Crippen molar-refractivity contribution < 1.29 is 4.79 Å². The second-order valence-corrected chi connectivity index (χ2v) is 6.84. The number of nitrogens with one attached hydrogen (secondary N) is 1. The second kappa shape index (κ2) is 5.10.